The van der Waals surface area contributed by atoms with Gasteiger partial charge in [-0.1, -0.05) is 0 Å². The summed E-state index contributed by atoms with van der Waals surface area (Å²) in [5.74, 6) is -0.704. The Hall–Kier alpha value is -3.06. The van der Waals surface area contributed by atoms with Crippen LogP contribution < -0.4 is 22.1 Å². The summed E-state index contributed by atoms with van der Waals surface area (Å²) in [6.07, 6.45) is 0. The summed E-state index contributed by atoms with van der Waals surface area (Å²) >= 11 is 0. The fourth-order valence-electron chi connectivity index (χ4n) is 1.76. The van der Waals surface area contributed by atoms with Crippen LogP contribution in [0.1, 0.15) is 0 Å². The van der Waals surface area contributed by atoms with Crippen molar-refractivity contribution in [2.24, 2.45) is 0 Å². The Labute approximate surface area is 133 Å². The molecule has 2 rings (SSSR count). The van der Waals surface area contributed by atoms with E-state index in [4.69, 9.17) is 16.2 Å². The predicted octanol–water partition coefficient (Wildman–Crippen LogP) is 1.44. The molecule has 120 valence electrons. The maximum Gasteiger partial charge on any atom is 0.250 e. The van der Waals surface area contributed by atoms with E-state index in [2.05, 4.69) is 10.6 Å². The number of amides is 2. The summed E-state index contributed by atoms with van der Waals surface area (Å²) in [4.78, 5) is 23.3. The van der Waals surface area contributed by atoms with E-state index in [0.29, 0.717) is 22.7 Å². The number of hydrogen-bond acceptors (Lipinski definition) is 5. The van der Waals surface area contributed by atoms with E-state index in [1.807, 2.05) is 0 Å². The lowest BCUT2D eigenvalue weighted by atomic mass is 10.3. The molecule has 7 heteroatoms. The third-order valence-corrected chi connectivity index (χ3v) is 2.86. The van der Waals surface area contributed by atoms with E-state index >= 15 is 0 Å². The third kappa shape index (κ3) is 5.68. The second kappa shape index (κ2) is 7.81. The van der Waals surface area contributed by atoms with Crippen LogP contribution in [0, 0.1) is 0 Å². The lowest BCUT2D eigenvalue weighted by molar-refractivity contribution is -0.125. The van der Waals surface area contributed by atoms with Crippen LogP contribution >= 0.6 is 0 Å². The lowest BCUT2D eigenvalue weighted by Gasteiger charge is -2.07. The summed E-state index contributed by atoms with van der Waals surface area (Å²) in [7, 11) is 0. The number of carbonyl (C=O) groups excluding carboxylic acids is 2. The molecule has 0 saturated carbocycles. The largest absolute Gasteiger partial charge is 0.399 e. The standard InChI is InChI=1S/C16H18N4O3/c17-11-1-5-13(6-2-11)19-15(21)9-23-10-16(22)20-14-7-3-12(18)4-8-14/h1-8H,9-10,17-18H2,(H,19,21)(H,20,22). The minimum atomic E-state index is -0.352. The zero-order chi connectivity index (χ0) is 16.7. The Balaban J connectivity index is 1.69. The molecular formula is C16H18N4O3. The lowest BCUT2D eigenvalue weighted by Crippen LogP contribution is -2.23. The van der Waals surface area contributed by atoms with Gasteiger partial charge in [0, 0.05) is 22.7 Å². The first-order valence-corrected chi connectivity index (χ1v) is 6.91. The highest BCUT2D eigenvalue weighted by Crippen LogP contribution is 2.11. The van der Waals surface area contributed by atoms with E-state index in [0.717, 1.165) is 0 Å². The average Bonchev–Trinajstić information content (AvgIpc) is 2.52. The van der Waals surface area contributed by atoms with Crippen LogP contribution in [0.2, 0.25) is 0 Å². The number of ether oxygens (including phenoxy) is 1. The van der Waals surface area contributed by atoms with Crippen LogP contribution in [0.15, 0.2) is 48.5 Å². The molecular weight excluding hydrogens is 296 g/mol. The summed E-state index contributed by atoms with van der Waals surface area (Å²) in [6.45, 7) is -0.445. The second-order valence-corrected chi connectivity index (χ2v) is 4.83. The zero-order valence-electron chi connectivity index (χ0n) is 12.4. The molecule has 0 aliphatic carbocycles. The number of benzene rings is 2. The number of rotatable bonds is 6. The van der Waals surface area contributed by atoms with E-state index in [1.165, 1.54) is 0 Å². The van der Waals surface area contributed by atoms with Crippen molar-refractivity contribution in [3.63, 3.8) is 0 Å². The molecule has 23 heavy (non-hydrogen) atoms. The van der Waals surface area contributed by atoms with Crippen molar-refractivity contribution in [1.29, 1.82) is 0 Å². The molecule has 2 aromatic rings. The van der Waals surface area contributed by atoms with Gasteiger partial charge in [0.1, 0.15) is 13.2 Å². The molecule has 6 N–H and O–H groups in total. The molecule has 0 radical (unpaired) electrons. The first kappa shape index (κ1) is 16.3. The number of nitrogen functional groups attached to an aromatic ring is 2. The van der Waals surface area contributed by atoms with Crippen molar-refractivity contribution in [2.75, 3.05) is 35.3 Å². The quantitative estimate of drug-likeness (QED) is 0.602. The van der Waals surface area contributed by atoms with Crippen LogP contribution in [0.3, 0.4) is 0 Å². The molecule has 0 fully saturated rings. The molecule has 2 amide bonds. The van der Waals surface area contributed by atoms with Gasteiger partial charge < -0.3 is 26.8 Å². The highest BCUT2D eigenvalue weighted by Gasteiger charge is 2.06. The monoisotopic (exact) mass is 314 g/mol. The Morgan fingerprint density at radius 3 is 1.43 bits per heavy atom. The summed E-state index contributed by atoms with van der Waals surface area (Å²) in [5, 5.41) is 5.27. The van der Waals surface area contributed by atoms with Gasteiger partial charge in [0.25, 0.3) is 0 Å². The van der Waals surface area contributed by atoms with E-state index in [9.17, 15) is 9.59 Å². The molecule has 0 aliphatic rings. The maximum atomic E-state index is 11.7. The minimum absolute atomic E-state index is 0.223. The Morgan fingerprint density at radius 2 is 1.09 bits per heavy atom. The van der Waals surface area contributed by atoms with Gasteiger partial charge in [-0.2, -0.15) is 0 Å². The fraction of sp³-hybridized carbons (Fsp3) is 0.125. The Kier molecular flexibility index (Phi) is 5.54. The third-order valence-electron chi connectivity index (χ3n) is 2.86. The van der Waals surface area contributed by atoms with Crippen LogP contribution in [0.25, 0.3) is 0 Å². The Bertz CT molecular complexity index is 609. The van der Waals surface area contributed by atoms with Gasteiger partial charge in [0.2, 0.25) is 11.8 Å². The normalized spacial score (nSPS) is 10.1. The molecule has 0 bridgehead atoms. The molecule has 0 spiro atoms. The smallest absolute Gasteiger partial charge is 0.250 e. The highest BCUT2D eigenvalue weighted by atomic mass is 16.5. The summed E-state index contributed by atoms with van der Waals surface area (Å²) in [5.41, 5.74) is 13.5. The number of nitrogens with one attached hydrogen (secondary N) is 2. The maximum absolute atomic E-state index is 11.7. The molecule has 0 saturated heterocycles. The van der Waals surface area contributed by atoms with Crippen molar-refractivity contribution < 1.29 is 14.3 Å². The summed E-state index contributed by atoms with van der Waals surface area (Å²) < 4.78 is 5.08. The molecule has 0 atom stereocenters. The molecule has 7 nitrogen and oxygen atoms in total. The van der Waals surface area contributed by atoms with Crippen molar-refractivity contribution in [3.05, 3.63) is 48.5 Å². The predicted molar refractivity (Wildman–Crippen MR) is 89.8 cm³/mol. The first-order valence-electron chi connectivity index (χ1n) is 6.91. The molecule has 0 heterocycles. The van der Waals surface area contributed by atoms with E-state index in [1.54, 1.807) is 48.5 Å². The Morgan fingerprint density at radius 1 is 0.739 bits per heavy atom. The highest BCUT2D eigenvalue weighted by molar-refractivity contribution is 5.93. The van der Waals surface area contributed by atoms with Gasteiger partial charge in [-0.25, -0.2) is 0 Å². The fourth-order valence-corrected chi connectivity index (χ4v) is 1.76. The van der Waals surface area contributed by atoms with E-state index < -0.39 is 0 Å². The van der Waals surface area contributed by atoms with Gasteiger partial charge in [0.15, 0.2) is 0 Å². The van der Waals surface area contributed by atoms with Gasteiger partial charge in [0.05, 0.1) is 0 Å². The molecule has 0 aromatic heterocycles. The van der Waals surface area contributed by atoms with Crippen molar-refractivity contribution in [3.8, 4) is 0 Å². The first-order chi connectivity index (χ1) is 11.0. The van der Waals surface area contributed by atoms with Crippen molar-refractivity contribution >= 4 is 34.6 Å². The van der Waals surface area contributed by atoms with Crippen LogP contribution in [-0.4, -0.2) is 25.0 Å². The number of anilines is 4. The molecule has 0 aliphatic heterocycles. The second-order valence-electron chi connectivity index (χ2n) is 4.83. The van der Waals surface area contributed by atoms with Crippen LogP contribution in [0.5, 0.6) is 0 Å². The van der Waals surface area contributed by atoms with Gasteiger partial charge >= 0.3 is 0 Å². The van der Waals surface area contributed by atoms with Crippen molar-refractivity contribution in [2.45, 2.75) is 0 Å². The number of hydrogen-bond donors (Lipinski definition) is 4. The number of nitrogens with two attached hydrogens (primary N) is 2. The van der Waals surface area contributed by atoms with Gasteiger partial charge in [-0.15, -0.1) is 0 Å². The van der Waals surface area contributed by atoms with Gasteiger partial charge in [-0.05, 0) is 48.5 Å². The average molecular weight is 314 g/mol. The number of carbonyl (C=O) groups is 2. The summed E-state index contributed by atoms with van der Waals surface area (Å²) in [6, 6.07) is 13.4. The van der Waals surface area contributed by atoms with E-state index in [-0.39, 0.29) is 25.0 Å². The SMILES string of the molecule is Nc1ccc(NC(=O)COCC(=O)Nc2ccc(N)cc2)cc1. The van der Waals surface area contributed by atoms with Gasteiger partial charge in [-0.3, -0.25) is 9.59 Å². The van der Waals surface area contributed by atoms with Crippen molar-refractivity contribution in [1.82, 2.24) is 0 Å². The van der Waals surface area contributed by atoms with Crippen LogP contribution in [-0.2, 0) is 14.3 Å². The minimum Gasteiger partial charge on any atom is -0.399 e. The molecule has 2 aromatic carbocycles. The van der Waals surface area contributed by atoms with Crippen LogP contribution in [0.4, 0.5) is 22.7 Å². The molecule has 0 unspecified atom stereocenters. The zero-order valence-corrected chi connectivity index (χ0v) is 12.4. The topological polar surface area (TPSA) is 119 Å².